The number of aromatic nitrogens is 2. The minimum absolute atomic E-state index is 0.0508. The van der Waals surface area contributed by atoms with Gasteiger partial charge in [-0.05, 0) is 59.5 Å². The molecule has 6 aromatic rings. The zero-order valence-electron chi connectivity index (χ0n) is 27.1. The van der Waals surface area contributed by atoms with Gasteiger partial charge in [0.2, 0.25) is 10.0 Å². The molecule has 5 aromatic carbocycles. The molecule has 0 aliphatic heterocycles. The van der Waals surface area contributed by atoms with E-state index in [2.05, 4.69) is 0 Å². The molecule has 0 bridgehead atoms. The highest BCUT2D eigenvalue weighted by atomic mass is 32.2. The Kier molecular flexibility index (Phi) is 10.4. The van der Waals surface area contributed by atoms with Gasteiger partial charge in [0.1, 0.15) is 23.6 Å². The molecular weight excluding hydrogens is 639 g/mol. The van der Waals surface area contributed by atoms with Gasteiger partial charge in [0.15, 0.2) is 0 Å². The quantitative estimate of drug-likeness (QED) is 0.139. The molecule has 10 heteroatoms. The van der Waals surface area contributed by atoms with E-state index in [-0.39, 0.29) is 37.7 Å². The Morgan fingerprint density at radius 2 is 1.31 bits per heavy atom. The van der Waals surface area contributed by atoms with Crippen LogP contribution in [0.25, 0.3) is 10.9 Å². The molecule has 0 atom stereocenters. The standard InChI is InChI=1S/C39H37N3O6S/c1-47-33-23-21-31(22-24-33)28-42-38(43)35-19-11-20-36(48-29-32-15-7-3-8-16-32)37(35)41(39(42)44)26-12-25-40(27-30-13-5-2-6-14-30)49(45,46)34-17-9-4-10-18-34/h2-11,13-24H,12,25-29H2,1H3. The molecule has 6 rings (SSSR count). The van der Waals surface area contributed by atoms with Gasteiger partial charge in [-0.1, -0.05) is 97.1 Å². The van der Waals surface area contributed by atoms with E-state index in [1.54, 1.807) is 67.8 Å². The van der Waals surface area contributed by atoms with Gasteiger partial charge in [-0.15, -0.1) is 0 Å². The molecule has 0 fully saturated rings. The average molecular weight is 676 g/mol. The Morgan fingerprint density at radius 1 is 0.673 bits per heavy atom. The van der Waals surface area contributed by atoms with E-state index in [0.717, 1.165) is 16.7 Å². The number of ether oxygens (including phenoxy) is 2. The third-order valence-corrected chi connectivity index (χ3v) is 10.2. The summed E-state index contributed by atoms with van der Waals surface area (Å²) in [6, 6.07) is 39.7. The van der Waals surface area contributed by atoms with E-state index < -0.39 is 21.3 Å². The van der Waals surface area contributed by atoms with Gasteiger partial charge in [-0.2, -0.15) is 4.31 Å². The van der Waals surface area contributed by atoms with Gasteiger partial charge < -0.3 is 9.47 Å². The maximum Gasteiger partial charge on any atom is 0.331 e. The minimum Gasteiger partial charge on any atom is -0.497 e. The van der Waals surface area contributed by atoms with Crippen molar-refractivity contribution in [3.8, 4) is 11.5 Å². The van der Waals surface area contributed by atoms with Crippen molar-refractivity contribution in [3.05, 3.63) is 171 Å². The third-order valence-electron chi connectivity index (χ3n) is 8.32. The molecule has 1 aromatic heterocycles. The molecule has 0 spiro atoms. The van der Waals surface area contributed by atoms with Crippen LogP contribution in [0.15, 0.2) is 148 Å². The Hall–Kier alpha value is -5.45. The maximum atomic E-state index is 14.3. The fraction of sp³-hybridized carbons (Fsp3) is 0.179. The number of aryl methyl sites for hydroxylation is 1. The lowest BCUT2D eigenvalue weighted by molar-refractivity contribution is 0.307. The summed E-state index contributed by atoms with van der Waals surface area (Å²) in [5.74, 6) is 1.06. The summed E-state index contributed by atoms with van der Waals surface area (Å²) in [5.41, 5.74) is 1.96. The molecule has 49 heavy (non-hydrogen) atoms. The molecule has 0 unspecified atom stereocenters. The van der Waals surface area contributed by atoms with Gasteiger partial charge in [0, 0.05) is 19.6 Å². The molecule has 0 amide bonds. The molecule has 9 nitrogen and oxygen atoms in total. The topological polar surface area (TPSA) is 99.8 Å². The lowest BCUT2D eigenvalue weighted by Crippen LogP contribution is -2.41. The van der Waals surface area contributed by atoms with Crippen LogP contribution in [0, 0.1) is 0 Å². The van der Waals surface area contributed by atoms with Crippen molar-refractivity contribution in [2.24, 2.45) is 0 Å². The number of benzene rings is 5. The Bertz CT molecular complexity index is 2240. The van der Waals surface area contributed by atoms with Crippen LogP contribution in [0.2, 0.25) is 0 Å². The van der Waals surface area contributed by atoms with Gasteiger partial charge in [0.05, 0.1) is 23.9 Å². The largest absolute Gasteiger partial charge is 0.497 e. The van der Waals surface area contributed by atoms with E-state index in [0.29, 0.717) is 28.8 Å². The summed E-state index contributed by atoms with van der Waals surface area (Å²) >= 11 is 0. The van der Waals surface area contributed by atoms with Crippen LogP contribution in [0.3, 0.4) is 0 Å². The molecule has 0 aliphatic carbocycles. The molecule has 0 aliphatic rings. The van der Waals surface area contributed by atoms with Crippen molar-refractivity contribution in [1.29, 1.82) is 0 Å². The average Bonchev–Trinajstić information content (AvgIpc) is 3.14. The highest BCUT2D eigenvalue weighted by Gasteiger charge is 2.25. The summed E-state index contributed by atoms with van der Waals surface area (Å²) in [7, 11) is -2.28. The fourth-order valence-corrected chi connectivity index (χ4v) is 7.26. The number of methoxy groups -OCH3 is 1. The van der Waals surface area contributed by atoms with E-state index in [9.17, 15) is 18.0 Å². The van der Waals surface area contributed by atoms with E-state index >= 15 is 0 Å². The number of para-hydroxylation sites is 1. The summed E-state index contributed by atoms with van der Waals surface area (Å²) in [5, 5.41) is 0.330. The molecule has 1 heterocycles. The van der Waals surface area contributed by atoms with Crippen molar-refractivity contribution in [2.45, 2.75) is 37.6 Å². The first-order chi connectivity index (χ1) is 23.8. The second-order valence-electron chi connectivity index (χ2n) is 11.6. The molecule has 0 saturated heterocycles. The number of sulfonamides is 1. The predicted molar refractivity (Wildman–Crippen MR) is 190 cm³/mol. The van der Waals surface area contributed by atoms with Crippen molar-refractivity contribution in [1.82, 2.24) is 13.4 Å². The number of hydrogen-bond acceptors (Lipinski definition) is 6. The molecule has 0 N–H and O–H groups in total. The van der Waals surface area contributed by atoms with Crippen LogP contribution in [0.4, 0.5) is 0 Å². The first kappa shape index (κ1) is 33.5. The van der Waals surface area contributed by atoms with Crippen LogP contribution in [-0.2, 0) is 36.3 Å². The molecule has 0 radical (unpaired) electrons. The first-order valence-corrected chi connectivity index (χ1v) is 17.4. The minimum atomic E-state index is -3.86. The molecular formula is C39H37N3O6S. The highest BCUT2D eigenvalue weighted by Crippen LogP contribution is 2.25. The van der Waals surface area contributed by atoms with Crippen molar-refractivity contribution >= 4 is 20.9 Å². The fourth-order valence-electron chi connectivity index (χ4n) is 5.78. The Balaban J connectivity index is 1.38. The third kappa shape index (κ3) is 7.66. The van der Waals surface area contributed by atoms with Gasteiger partial charge >= 0.3 is 5.69 Å². The zero-order chi connectivity index (χ0) is 34.2. The second kappa shape index (κ2) is 15.2. The van der Waals surface area contributed by atoms with E-state index in [1.807, 2.05) is 72.8 Å². The van der Waals surface area contributed by atoms with Crippen molar-refractivity contribution in [3.63, 3.8) is 0 Å². The van der Waals surface area contributed by atoms with Gasteiger partial charge in [-0.25, -0.2) is 13.2 Å². The van der Waals surface area contributed by atoms with Crippen molar-refractivity contribution < 1.29 is 17.9 Å². The highest BCUT2D eigenvalue weighted by molar-refractivity contribution is 7.89. The summed E-state index contributed by atoms with van der Waals surface area (Å²) < 4.78 is 43.4. The number of nitrogens with zero attached hydrogens (tertiary/aromatic N) is 3. The second-order valence-corrected chi connectivity index (χ2v) is 13.5. The number of fused-ring (bicyclic) bond motifs is 1. The van der Waals surface area contributed by atoms with Crippen LogP contribution in [0.5, 0.6) is 11.5 Å². The lowest BCUT2D eigenvalue weighted by Gasteiger charge is -2.23. The maximum absolute atomic E-state index is 14.3. The van der Waals surface area contributed by atoms with E-state index in [1.165, 1.54) is 13.4 Å². The van der Waals surface area contributed by atoms with Crippen LogP contribution in [-0.4, -0.2) is 35.5 Å². The molecule has 0 saturated carbocycles. The predicted octanol–water partition coefficient (Wildman–Crippen LogP) is 6.08. The lowest BCUT2D eigenvalue weighted by atomic mass is 10.2. The number of rotatable bonds is 14. The Morgan fingerprint density at radius 3 is 1.96 bits per heavy atom. The summed E-state index contributed by atoms with van der Waals surface area (Å²) in [6.07, 6.45) is 0.293. The van der Waals surface area contributed by atoms with Crippen LogP contribution >= 0.6 is 0 Å². The Labute approximate surface area is 285 Å². The normalized spacial score (nSPS) is 11.6. The van der Waals surface area contributed by atoms with Gasteiger partial charge in [0.25, 0.3) is 5.56 Å². The van der Waals surface area contributed by atoms with Crippen LogP contribution in [0.1, 0.15) is 23.1 Å². The van der Waals surface area contributed by atoms with Crippen molar-refractivity contribution in [2.75, 3.05) is 13.7 Å². The molecule has 250 valence electrons. The SMILES string of the molecule is COc1ccc(Cn2c(=O)c3cccc(OCc4ccccc4)c3n(CCCN(Cc3ccccc3)S(=O)(=O)c3ccccc3)c2=O)cc1. The smallest absolute Gasteiger partial charge is 0.331 e. The van der Waals surface area contributed by atoms with Crippen LogP contribution < -0.4 is 20.7 Å². The number of hydrogen-bond donors (Lipinski definition) is 0. The van der Waals surface area contributed by atoms with E-state index in [4.69, 9.17) is 9.47 Å². The summed E-state index contributed by atoms with van der Waals surface area (Å²) in [4.78, 5) is 28.4. The first-order valence-electron chi connectivity index (χ1n) is 16.0. The zero-order valence-corrected chi connectivity index (χ0v) is 28.0. The van der Waals surface area contributed by atoms with Gasteiger partial charge in [-0.3, -0.25) is 13.9 Å². The summed E-state index contributed by atoms with van der Waals surface area (Å²) in [6.45, 7) is 0.721. The monoisotopic (exact) mass is 675 g/mol.